The fraction of sp³-hybridized carbons (Fsp3) is 0.923. The van der Waals surface area contributed by atoms with Crippen LogP contribution in [0, 0.1) is 0 Å². The molecule has 0 aliphatic heterocycles. The van der Waals surface area contributed by atoms with Gasteiger partial charge < -0.3 is 15.4 Å². The molecule has 17 heavy (non-hydrogen) atoms. The summed E-state index contributed by atoms with van der Waals surface area (Å²) in [5.74, 6) is 0. The van der Waals surface area contributed by atoms with E-state index in [1.54, 1.807) is 7.11 Å². The van der Waals surface area contributed by atoms with Gasteiger partial charge in [-0.15, -0.1) is 0 Å². The molecule has 0 radical (unpaired) electrons. The first kappa shape index (κ1) is 16.6. The van der Waals surface area contributed by atoms with Gasteiger partial charge in [0.15, 0.2) is 5.11 Å². The molecule has 0 rings (SSSR count). The van der Waals surface area contributed by atoms with Gasteiger partial charge in [-0.2, -0.15) is 0 Å². The van der Waals surface area contributed by atoms with Crippen molar-refractivity contribution < 1.29 is 4.74 Å². The van der Waals surface area contributed by atoms with Crippen molar-refractivity contribution in [2.45, 2.75) is 58.4 Å². The number of hydrogen-bond acceptors (Lipinski definition) is 2. The van der Waals surface area contributed by atoms with Crippen molar-refractivity contribution in [3.8, 4) is 0 Å². The Bertz CT molecular complexity index is 188. The molecule has 102 valence electrons. The summed E-state index contributed by atoms with van der Waals surface area (Å²) < 4.78 is 5.04. The van der Waals surface area contributed by atoms with Gasteiger partial charge >= 0.3 is 0 Å². The Morgan fingerprint density at radius 3 is 2.47 bits per heavy atom. The fourth-order valence-corrected chi connectivity index (χ4v) is 1.98. The molecule has 0 aromatic heterocycles. The summed E-state index contributed by atoms with van der Waals surface area (Å²) in [7, 11) is 1.70. The normalized spacial score (nSPS) is 12.2. The highest BCUT2D eigenvalue weighted by Gasteiger charge is 2.02. The SMILES string of the molecule is CCCCCCCCNC(=S)NC(C)COC. The molecule has 0 amide bonds. The molecule has 0 bridgehead atoms. The van der Waals surface area contributed by atoms with Crippen molar-refractivity contribution in [1.29, 1.82) is 0 Å². The van der Waals surface area contributed by atoms with Crippen molar-refractivity contribution >= 4 is 17.3 Å². The minimum Gasteiger partial charge on any atom is -0.383 e. The van der Waals surface area contributed by atoms with Crippen LogP contribution in [-0.4, -0.2) is 31.4 Å². The Balaban J connectivity index is 3.27. The van der Waals surface area contributed by atoms with E-state index in [-0.39, 0.29) is 6.04 Å². The van der Waals surface area contributed by atoms with Crippen LogP contribution in [0.15, 0.2) is 0 Å². The van der Waals surface area contributed by atoms with E-state index >= 15 is 0 Å². The van der Waals surface area contributed by atoms with Crippen LogP contribution in [0.1, 0.15) is 52.4 Å². The van der Waals surface area contributed by atoms with Gasteiger partial charge in [0.25, 0.3) is 0 Å². The van der Waals surface area contributed by atoms with Crippen molar-refractivity contribution in [1.82, 2.24) is 10.6 Å². The maximum absolute atomic E-state index is 5.19. The Kier molecular flexibility index (Phi) is 11.9. The third-order valence-electron chi connectivity index (χ3n) is 2.61. The molecule has 0 aromatic carbocycles. The van der Waals surface area contributed by atoms with Gasteiger partial charge in [-0.05, 0) is 25.6 Å². The lowest BCUT2D eigenvalue weighted by molar-refractivity contribution is 0.179. The number of hydrogen-bond donors (Lipinski definition) is 2. The highest BCUT2D eigenvalue weighted by molar-refractivity contribution is 7.80. The van der Waals surface area contributed by atoms with E-state index in [0.29, 0.717) is 6.61 Å². The second-order valence-electron chi connectivity index (χ2n) is 4.52. The van der Waals surface area contributed by atoms with Gasteiger partial charge in [0.1, 0.15) is 0 Å². The molecule has 0 heterocycles. The van der Waals surface area contributed by atoms with E-state index in [2.05, 4.69) is 24.5 Å². The first-order valence-electron chi connectivity index (χ1n) is 6.74. The Morgan fingerprint density at radius 1 is 1.18 bits per heavy atom. The van der Waals surface area contributed by atoms with E-state index in [1.807, 2.05) is 0 Å². The van der Waals surface area contributed by atoms with Crippen LogP contribution >= 0.6 is 12.2 Å². The molecule has 3 nitrogen and oxygen atoms in total. The number of ether oxygens (including phenoxy) is 1. The van der Waals surface area contributed by atoms with E-state index in [1.165, 1.54) is 38.5 Å². The lowest BCUT2D eigenvalue weighted by atomic mass is 10.1. The van der Waals surface area contributed by atoms with Crippen LogP contribution in [0.3, 0.4) is 0 Å². The number of unbranched alkanes of at least 4 members (excludes halogenated alkanes) is 5. The van der Waals surface area contributed by atoms with E-state index in [9.17, 15) is 0 Å². The maximum Gasteiger partial charge on any atom is 0.166 e. The highest BCUT2D eigenvalue weighted by Crippen LogP contribution is 2.03. The summed E-state index contributed by atoms with van der Waals surface area (Å²) in [6.07, 6.45) is 7.87. The first-order chi connectivity index (χ1) is 8.20. The monoisotopic (exact) mass is 260 g/mol. The molecule has 2 N–H and O–H groups in total. The van der Waals surface area contributed by atoms with Gasteiger partial charge in [-0.1, -0.05) is 39.0 Å². The zero-order chi connectivity index (χ0) is 12.9. The summed E-state index contributed by atoms with van der Waals surface area (Å²) in [6.45, 7) is 5.95. The van der Waals surface area contributed by atoms with Gasteiger partial charge in [-0.25, -0.2) is 0 Å². The van der Waals surface area contributed by atoms with Crippen LogP contribution in [0.5, 0.6) is 0 Å². The predicted molar refractivity (Wildman–Crippen MR) is 78.5 cm³/mol. The summed E-state index contributed by atoms with van der Waals surface area (Å²) in [4.78, 5) is 0. The molecule has 1 atom stereocenters. The molecule has 0 aliphatic rings. The van der Waals surface area contributed by atoms with Crippen LogP contribution in [0.2, 0.25) is 0 Å². The number of rotatable bonds is 10. The fourth-order valence-electron chi connectivity index (χ4n) is 1.67. The van der Waals surface area contributed by atoms with Crippen molar-refractivity contribution in [2.24, 2.45) is 0 Å². The largest absolute Gasteiger partial charge is 0.383 e. The quantitative estimate of drug-likeness (QED) is 0.467. The Labute approximate surface area is 112 Å². The Hall–Kier alpha value is -0.350. The molecule has 0 saturated carbocycles. The molecule has 0 spiro atoms. The number of nitrogens with one attached hydrogen (secondary N) is 2. The molecule has 0 aromatic rings. The molecule has 1 unspecified atom stereocenters. The summed E-state index contributed by atoms with van der Waals surface area (Å²) >= 11 is 5.19. The zero-order valence-electron chi connectivity index (χ0n) is 11.6. The molecular formula is C13H28N2OS. The van der Waals surface area contributed by atoms with Crippen LogP contribution in [0.4, 0.5) is 0 Å². The molecule has 0 aliphatic carbocycles. The maximum atomic E-state index is 5.19. The predicted octanol–water partition coefficient (Wildman–Crippen LogP) is 2.85. The lowest BCUT2D eigenvalue weighted by Crippen LogP contribution is -2.42. The second kappa shape index (κ2) is 12.1. The zero-order valence-corrected chi connectivity index (χ0v) is 12.4. The topological polar surface area (TPSA) is 33.3 Å². The van der Waals surface area contributed by atoms with E-state index in [0.717, 1.165) is 11.7 Å². The average Bonchev–Trinajstić information content (AvgIpc) is 2.28. The summed E-state index contributed by atoms with van der Waals surface area (Å²) in [5, 5.41) is 7.15. The standard InChI is InChI=1S/C13H28N2OS/c1-4-5-6-7-8-9-10-14-13(17)15-12(2)11-16-3/h12H,4-11H2,1-3H3,(H2,14,15,17). The number of thiocarbonyl (C=S) groups is 1. The Morgan fingerprint density at radius 2 is 1.82 bits per heavy atom. The lowest BCUT2D eigenvalue weighted by Gasteiger charge is -2.16. The molecule has 0 fully saturated rings. The van der Waals surface area contributed by atoms with Crippen LogP contribution in [-0.2, 0) is 4.74 Å². The van der Waals surface area contributed by atoms with Gasteiger partial charge in [0, 0.05) is 19.7 Å². The van der Waals surface area contributed by atoms with Crippen LogP contribution < -0.4 is 10.6 Å². The summed E-state index contributed by atoms with van der Waals surface area (Å²) in [5.41, 5.74) is 0. The smallest absolute Gasteiger partial charge is 0.166 e. The third kappa shape index (κ3) is 11.9. The third-order valence-corrected chi connectivity index (χ3v) is 2.87. The first-order valence-corrected chi connectivity index (χ1v) is 7.14. The average molecular weight is 260 g/mol. The highest BCUT2D eigenvalue weighted by atomic mass is 32.1. The minimum atomic E-state index is 0.268. The molecular weight excluding hydrogens is 232 g/mol. The second-order valence-corrected chi connectivity index (χ2v) is 4.93. The summed E-state index contributed by atoms with van der Waals surface area (Å²) in [6, 6.07) is 0.268. The minimum absolute atomic E-state index is 0.268. The van der Waals surface area contributed by atoms with Gasteiger partial charge in [0.2, 0.25) is 0 Å². The van der Waals surface area contributed by atoms with Crippen molar-refractivity contribution in [3.63, 3.8) is 0 Å². The molecule has 4 heteroatoms. The van der Waals surface area contributed by atoms with Crippen molar-refractivity contribution in [3.05, 3.63) is 0 Å². The van der Waals surface area contributed by atoms with E-state index in [4.69, 9.17) is 17.0 Å². The van der Waals surface area contributed by atoms with Gasteiger partial charge in [-0.3, -0.25) is 0 Å². The number of methoxy groups -OCH3 is 1. The van der Waals surface area contributed by atoms with E-state index < -0.39 is 0 Å². The van der Waals surface area contributed by atoms with Crippen LogP contribution in [0.25, 0.3) is 0 Å². The molecule has 0 saturated heterocycles. The van der Waals surface area contributed by atoms with Gasteiger partial charge in [0.05, 0.1) is 6.61 Å². The van der Waals surface area contributed by atoms with Crippen molar-refractivity contribution in [2.75, 3.05) is 20.3 Å².